The average molecular weight is 251 g/mol. The smallest absolute Gasteiger partial charge is 0.216 e. The molecule has 4 nitrogen and oxygen atoms in total. The zero-order valence-electron chi connectivity index (χ0n) is 11.9. The zero-order chi connectivity index (χ0) is 13.4. The normalized spacial score (nSPS) is 12.7. The first kappa shape index (κ1) is 14.9. The highest BCUT2D eigenvalue weighted by molar-refractivity contribution is 5.17. The van der Waals surface area contributed by atoms with Gasteiger partial charge in [0.15, 0.2) is 0 Å². The summed E-state index contributed by atoms with van der Waals surface area (Å²) in [5.41, 5.74) is 1.03. The first-order valence-corrected chi connectivity index (χ1v) is 6.86. The van der Waals surface area contributed by atoms with Crippen LogP contribution in [0.2, 0.25) is 0 Å². The molecule has 1 heterocycles. The van der Waals surface area contributed by atoms with Crippen LogP contribution in [0.4, 0.5) is 0 Å². The van der Waals surface area contributed by atoms with E-state index in [1.807, 2.05) is 6.07 Å². The highest BCUT2D eigenvalue weighted by Crippen LogP contribution is 2.27. The topological polar surface area (TPSA) is 47.0 Å². The van der Waals surface area contributed by atoms with Crippen LogP contribution in [0.5, 0.6) is 5.88 Å². The number of rotatable bonds is 8. The van der Waals surface area contributed by atoms with Gasteiger partial charge in [-0.3, -0.25) is 0 Å². The molecule has 18 heavy (non-hydrogen) atoms. The molecule has 1 rings (SSSR count). The molecular formula is C14H25N3O. The number of hydrogen-bond acceptors (Lipinski definition) is 4. The molecule has 0 aliphatic carbocycles. The average Bonchev–Trinajstić information content (AvgIpc) is 2.43. The van der Waals surface area contributed by atoms with E-state index in [1.165, 1.54) is 0 Å². The fourth-order valence-corrected chi connectivity index (χ4v) is 2.21. The summed E-state index contributed by atoms with van der Waals surface area (Å²) < 4.78 is 5.18. The Morgan fingerprint density at radius 3 is 2.50 bits per heavy atom. The first-order valence-electron chi connectivity index (χ1n) is 6.86. The van der Waals surface area contributed by atoms with E-state index in [-0.39, 0.29) is 6.04 Å². The number of nitrogens with zero attached hydrogens (tertiary/aromatic N) is 2. The van der Waals surface area contributed by atoms with Crippen molar-refractivity contribution in [3.63, 3.8) is 0 Å². The summed E-state index contributed by atoms with van der Waals surface area (Å²) in [7, 11) is 1.64. The fourth-order valence-electron chi connectivity index (χ4n) is 2.21. The van der Waals surface area contributed by atoms with Crippen LogP contribution in [0.15, 0.2) is 12.4 Å². The third-order valence-corrected chi connectivity index (χ3v) is 3.33. The SMILES string of the molecule is CCCNC(c1cc(OC)ncn1)C(CC)CC. The van der Waals surface area contributed by atoms with Crippen LogP contribution in [-0.4, -0.2) is 23.6 Å². The molecule has 1 atom stereocenters. The lowest BCUT2D eigenvalue weighted by atomic mass is 9.91. The Morgan fingerprint density at radius 2 is 1.94 bits per heavy atom. The number of nitrogens with one attached hydrogen (secondary N) is 1. The van der Waals surface area contributed by atoms with Crippen LogP contribution >= 0.6 is 0 Å². The Kier molecular flexibility index (Phi) is 6.65. The molecular weight excluding hydrogens is 226 g/mol. The largest absolute Gasteiger partial charge is 0.481 e. The fraction of sp³-hybridized carbons (Fsp3) is 0.714. The molecule has 0 aromatic carbocycles. The van der Waals surface area contributed by atoms with E-state index in [4.69, 9.17) is 4.74 Å². The molecule has 4 heteroatoms. The predicted octanol–water partition coefficient (Wildman–Crippen LogP) is 2.96. The van der Waals surface area contributed by atoms with Crippen LogP contribution in [-0.2, 0) is 0 Å². The van der Waals surface area contributed by atoms with Gasteiger partial charge < -0.3 is 10.1 Å². The van der Waals surface area contributed by atoms with Crippen molar-refractivity contribution in [1.82, 2.24) is 15.3 Å². The Balaban J connectivity index is 2.92. The van der Waals surface area contributed by atoms with E-state index in [0.717, 1.165) is 31.5 Å². The molecule has 1 aromatic rings. The van der Waals surface area contributed by atoms with Gasteiger partial charge in [0, 0.05) is 6.07 Å². The molecule has 0 saturated carbocycles. The highest BCUT2D eigenvalue weighted by atomic mass is 16.5. The quantitative estimate of drug-likeness (QED) is 0.771. The van der Waals surface area contributed by atoms with Crippen LogP contribution in [0.25, 0.3) is 0 Å². The number of aromatic nitrogens is 2. The maximum Gasteiger partial charge on any atom is 0.216 e. The zero-order valence-corrected chi connectivity index (χ0v) is 11.9. The van der Waals surface area contributed by atoms with Crippen molar-refractivity contribution in [3.8, 4) is 5.88 Å². The highest BCUT2D eigenvalue weighted by Gasteiger charge is 2.21. The molecule has 0 aliphatic rings. The Morgan fingerprint density at radius 1 is 1.22 bits per heavy atom. The van der Waals surface area contributed by atoms with Crippen molar-refractivity contribution < 1.29 is 4.74 Å². The molecule has 1 aromatic heterocycles. The Bertz CT molecular complexity index is 340. The van der Waals surface area contributed by atoms with Crippen molar-refractivity contribution in [2.45, 2.75) is 46.1 Å². The summed E-state index contributed by atoms with van der Waals surface area (Å²) in [4.78, 5) is 8.47. The van der Waals surface area contributed by atoms with Gasteiger partial charge in [-0.15, -0.1) is 0 Å². The summed E-state index contributed by atoms with van der Waals surface area (Å²) in [5.74, 6) is 1.23. The second-order valence-corrected chi connectivity index (χ2v) is 4.49. The molecule has 0 radical (unpaired) electrons. The van der Waals surface area contributed by atoms with Gasteiger partial charge in [-0.05, 0) is 18.9 Å². The molecule has 102 valence electrons. The maximum atomic E-state index is 5.18. The van der Waals surface area contributed by atoms with Gasteiger partial charge in [0.25, 0.3) is 0 Å². The second-order valence-electron chi connectivity index (χ2n) is 4.49. The Labute approximate surface area is 110 Å². The number of methoxy groups -OCH3 is 1. The van der Waals surface area contributed by atoms with Crippen LogP contribution < -0.4 is 10.1 Å². The summed E-state index contributed by atoms with van der Waals surface area (Å²) >= 11 is 0. The van der Waals surface area contributed by atoms with Gasteiger partial charge in [0.1, 0.15) is 6.33 Å². The van der Waals surface area contributed by atoms with Gasteiger partial charge >= 0.3 is 0 Å². The van der Waals surface area contributed by atoms with Crippen molar-refractivity contribution in [3.05, 3.63) is 18.1 Å². The van der Waals surface area contributed by atoms with E-state index in [0.29, 0.717) is 11.8 Å². The Hall–Kier alpha value is -1.16. The summed E-state index contributed by atoms with van der Waals surface area (Å²) in [6.45, 7) is 7.64. The molecule has 0 fully saturated rings. The molecule has 0 aliphatic heterocycles. The van der Waals surface area contributed by atoms with Gasteiger partial charge in [0.2, 0.25) is 5.88 Å². The number of ether oxygens (including phenoxy) is 1. The third kappa shape index (κ3) is 3.95. The first-order chi connectivity index (χ1) is 8.76. The van der Waals surface area contributed by atoms with E-state index >= 15 is 0 Å². The molecule has 0 bridgehead atoms. The van der Waals surface area contributed by atoms with E-state index in [9.17, 15) is 0 Å². The second kappa shape index (κ2) is 8.03. The minimum atomic E-state index is 0.289. The van der Waals surface area contributed by atoms with Crippen LogP contribution in [0.1, 0.15) is 51.8 Å². The minimum absolute atomic E-state index is 0.289. The molecule has 0 saturated heterocycles. The van der Waals surface area contributed by atoms with Crippen LogP contribution in [0.3, 0.4) is 0 Å². The van der Waals surface area contributed by atoms with Crippen molar-refractivity contribution >= 4 is 0 Å². The minimum Gasteiger partial charge on any atom is -0.481 e. The van der Waals surface area contributed by atoms with E-state index < -0.39 is 0 Å². The van der Waals surface area contributed by atoms with Gasteiger partial charge in [-0.25, -0.2) is 9.97 Å². The predicted molar refractivity (Wildman–Crippen MR) is 73.7 cm³/mol. The lowest BCUT2D eigenvalue weighted by Crippen LogP contribution is -2.29. The monoisotopic (exact) mass is 251 g/mol. The summed E-state index contributed by atoms with van der Waals surface area (Å²) in [6.07, 6.45) is 4.99. The summed E-state index contributed by atoms with van der Waals surface area (Å²) in [6, 6.07) is 2.22. The lowest BCUT2D eigenvalue weighted by molar-refractivity contribution is 0.331. The molecule has 0 amide bonds. The molecule has 1 N–H and O–H groups in total. The van der Waals surface area contributed by atoms with Crippen molar-refractivity contribution in [2.24, 2.45) is 5.92 Å². The van der Waals surface area contributed by atoms with E-state index in [2.05, 4.69) is 36.1 Å². The van der Waals surface area contributed by atoms with Gasteiger partial charge in [-0.1, -0.05) is 33.6 Å². The van der Waals surface area contributed by atoms with Crippen LogP contribution in [0, 0.1) is 5.92 Å². The van der Waals surface area contributed by atoms with Crippen molar-refractivity contribution in [1.29, 1.82) is 0 Å². The maximum absolute atomic E-state index is 5.18. The van der Waals surface area contributed by atoms with Gasteiger partial charge in [-0.2, -0.15) is 0 Å². The summed E-state index contributed by atoms with van der Waals surface area (Å²) in [5, 5.41) is 3.59. The third-order valence-electron chi connectivity index (χ3n) is 3.33. The molecule has 1 unspecified atom stereocenters. The lowest BCUT2D eigenvalue weighted by Gasteiger charge is -2.26. The number of hydrogen-bond donors (Lipinski definition) is 1. The van der Waals surface area contributed by atoms with E-state index in [1.54, 1.807) is 13.4 Å². The van der Waals surface area contributed by atoms with Gasteiger partial charge in [0.05, 0.1) is 18.8 Å². The standard InChI is InChI=1S/C14H25N3O/c1-5-8-15-14(11(6-2)7-3)12-9-13(18-4)17-10-16-12/h9-11,14-15H,5-8H2,1-4H3. The van der Waals surface area contributed by atoms with Crippen molar-refractivity contribution in [2.75, 3.05) is 13.7 Å². The molecule has 0 spiro atoms.